The number of carbonyl (C=O) groups is 1. The molecule has 32 heavy (non-hydrogen) atoms. The quantitative estimate of drug-likeness (QED) is 0.380. The largest absolute Gasteiger partial charge is 0.495 e. The molecule has 3 aromatic carbocycles. The molecule has 0 aliphatic carbocycles. The van der Waals surface area contributed by atoms with Crippen LogP contribution in [0.1, 0.15) is 10.4 Å². The van der Waals surface area contributed by atoms with Gasteiger partial charge >= 0.3 is 0 Å². The van der Waals surface area contributed by atoms with Crippen LogP contribution in [0.15, 0.2) is 48.5 Å². The molecule has 3 rings (SSSR count). The Balaban J connectivity index is 1.81. The number of nitrogens with one attached hydrogen (secondary N) is 2. The predicted molar refractivity (Wildman–Crippen MR) is 130 cm³/mol. The number of hydrogen-bond donors (Lipinski definition) is 3. The molecule has 10 heteroatoms. The highest BCUT2D eigenvalue weighted by Gasteiger charge is 2.16. The Hall–Kier alpha value is -3.07. The molecule has 1 amide bonds. The topological polar surface area (TPSA) is 85.6 Å². The number of carbonyl (C=O) groups excluding carboxylic acids is 1. The van der Waals surface area contributed by atoms with E-state index in [2.05, 4.69) is 10.6 Å². The number of rotatable bonds is 6. The van der Waals surface area contributed by atoms with E-state index in [1.807, 2.05) is 0 Å². The lowest BCUT2D eigenvalue weighted by Crippen LogP contribution is -2.19. The van der Waals surface area contributed by atoms with Crippen LogP contribution in [0.3, 0.4) is 0 Å². The summed E-state index contributed by atoms with van der Waals surface area (Å²) in [6.45, 7) is 0. The highest BCUT2D eigenvalue weighted by molar-refractivity contribution is 7.80. The van der Waals surface area contributed by atoms with Crippen molar-refractivity contribution in [1.82, 2.24) is 0 Å². The van der Waals surface area contributed by atoms with Crippen molar-refractivity contribution in [3.05, 3.63) is 70.0 Å². The Morgan fingerprint density at radius 3 is 2.31 bits per heavy atom. The molecule has 0 atom stereocenters. The van der Waals surface area contributed by atoms with E-state index < -0.39 is 11.7 Å². The second-order valence-corrected chi connectivity index (χ2v) is 7.71. The second-order valence-electron chi connectivity index (χ2n) is 6.49. The summed E-state index contributed by atoms with van der Waals surface area (Å²) >= 11 is 17.9. The first kappa shape index (κ1) is 23.6. The van der Waals surface area contributed by atoms with Crippen molar-refractivity contribution >= 4 is 57.8 Å². The van der Waals surface area contributed by atoms with Gasteiger partial charge in [-0.2, -0.15) is 0 Å². The number of methoxy groups -OCH3 is 2. The first-order valence-electron chi connectivity index (χ1n) is 9.13. The van der Waals surface area contributed by atoms with Crippen LogP contribution in [0.5, 0.6) is 11.5 Å². The zero-order valence-electron chi connectivity index (χ0n) is 17.0. The number of halogens is 3. The van der Waals surface area contributed by atoms with Gasteiger partial charge in [-0.1, -0.05) is 41.4 Å². The Labute approximate surface area is 199 Å². The third-order valence-electron chi connectivity index (χ3n) is 4.50. The van der Waals surface area contributed by atoms with Gasteiger partial charge < -0.3 is 25.8 Å². The van der Waals surface area contributed by atoms with Crippen molar-refractivity contribution < 1.29 is 18.7 Å². The molecule has 0 heterocycles. The second kappa shape index (κ2) is 10.0. The molecule has 0 spiro atoms. The molecule has 0 bridgehead atoms. The van der Waals surface area contributed by atoms with Gasteiger partial charge in [0.1, 0.15) is 17.3 Å². The zero-order chi connectivity index (χ0) is 23.4. The summed E-state index contributed by atoms with van der Waals surface area (Å²) in [5, 5.41) is 6.87. The smallest absolute Gasteiger partial charge is 0.251 e. The maximum Gasteiger partial charge on any atom is 0.251 e. The third kappa shape index (κ3) is 5.04. The fraction of sp³-hybridized carbons (Fsp3) is 0.0909. The Morgan fingerprint density at radius 2 is 1.69 bits per heavy atom. The van der Waals surface area contributed by atoms with Gasteiger partial charge in [-0.3, -0.25) is 4.79 Å². The maximum atomic E-state index is 14.7. The fourth-order valence-electron chi connectivity index (χ4n) is 2.98. The van der Waals surface area contributed by atoms with E-state index in [-0.39, 0.29) is 21.3 Å². The Morgan fingerprint density at radius 1 is 0.969 bits per heavy atom. The molecule has 3 aromatic rings. The highest BCUT2D eigenvalue weighted by Crippen LogP contribution is 2.36. The first-order valence-corrected chi connectivity index (χ1v) is 10.3. The van der Waals surface area contributed by atoms with Crippen molar-refractivity contribution in [3.63, 3.8) is 0 Å². The normalized spacial score (nSPS) is 10.4. The van der Waals surface area contributed by atoms with E-state index >= 15 is 0 Å². The average molecular weight is 494 g/mol. The third-order valence-corrected chi connectivity index (χ3v) is 5.32. The number of thiocarbonyl (C=S) groups is 1. The summed E-state index contributed by atoms with van der Waals surface area (Å²) in [6, 6.07) is 12.5. The van der Waals surface area contributed by atoms with Crippen LogP contribution in [0.25, 0.3) is 11.1 Å². The number of primary amides is 1. The van der Waals surface area contributed by atoms with Gasteiger partial charge in [0.15, 0.2) is 5.11 Å². The van der Waals surface area contributed by atoms with Crippen molar-refractivity contribution in [1.29, 1.82) is 0 Å². The van der Waals surface area contributed by atoms with Gasteiger partial charge in [0.25, 0.3) is 5.91 Å². The Bertz CT molecular complexity index is 1210. The van der Waals surface area contributed by atoms with E-state index in [0.717, 1.165) is 0 Å². The summed E-state index contributed by atoms with van der Waals surface area (Å²) in [5.41, 5.74) is 6.66. The molecular weight excluding hydrogens is 476 g/mol. The van der Waals surface area contributed by atoms with E-state index in [9.17, 15) is 9.18 Å². The number of nitrogens with two attached hydrogens (primary N) is 1. The van der Waals surface area contributed by atoms with Crippen LogP contribution in [0, 0.1) is 5.82 Å². The van der Waals surface area contributed by atoms with E-state index in [4.69, 9.17) is 50.6 Å². The molecule has 0 fully saturated rings. The van der Waals surface area contributed by atoms with Gasteiger partial charge in [0, 0.05) is 22.9 Å². The van der Waals surface area contributed by atoms with E-state index in [0.29, 0.717) is 33.5 Å². The zero-order valence-corrected chi connectivity index (χ0v) is 19.3. The summed E-state index contributed by atoms with van der Waals surface area (Å²) in [5.74, 6) is -0.649. The average Bonchev–Trinajstić information content (AvgIpc) is 2.74. The van der Waals surface area contributed by atoms with Crippen molar-refractivity contribution in [2.75, 3.05) is 24.9 Å². The summed E-state index contributed by atoms with van der Waals surface area (Å²) in [6.07, 6.45) is 0. The maximum absolute atomic E-state index is 14.7. The number of ether oxygens (including phenoxy) is 2. The molecule has 0 aliphatic heterocycles. The molecule has 6 nitrogen and oxygen atoms in total. The number of amides is 1. The fourth-order valence-corrected chi connectivity index (χ4v) is 3.73. The summed E-state index contributed by atoms with van der Waals surface area (Å²) in [4.78, 5) is 11.4. The minimum atomic E-state index is -0.857. The van der Waals surface area contributed by atoms with Crippen LogP contribution in [-0.2, 0) is 0 Å². The molecule has 0 radical (unpaired) electrons. The Kier molecular flexibility index (Phi) is 7.40. The van der Waals surface area contributed by atoms with Crippen LogP contribution >= 0.6 is 35.4 Å². The summed E-state index contributed by atoms with van der Waals surface area (Å²) in [7, 11) is 3.01. The van der Waals surface area contributed by atoms with Crippen LogP contribution in [0.2, 0.25) is 10.0 Å². The molecule has 0 saturated heterocycles. The number of anilines is 2. The van der Waals surface area contributed by atoms with Gasteiger partial charge in [0.2, 0.25) is 0 Å². The highest BCUT2D eigenvalue weighted by atomic mass is 35.5. The molecule has 166 valence electrons. The minimum Gasteiger partial charge on any atom is -0.495 e. The van der Waals surface area contributed by atoms with Gasteiger partial charge in [-0.15, -0.1) is 0 Å². The van der Waals surface area contributed by atoms with E-state index in [1.54, 1.807) is 30.3 Å². The first-order chi connectivity index (χ1) is 15.2. The van der Waals surface area contributed by atoms with Gasteiger partial charge in [-0.05, 0) is 36.5 Å². The SMILES string of the molecule is COc1cc(OC)c(NC(=S)Nc2ccc(-c3cccc(C(N)=O)c3F)c(Cl)c2)cc1Cl. The molecule has 0 unspecified atom stereocenters. The molecule has 0 aromatic heterocycles. The monoisotopic (exact) mass is 493 g/mol. The number of benzene rings is 3. The number of hydrogen-bond acceptors (Lipinski definition) is 4. The molecule has 4 N–H and O–H groups in total. The van der Waals surface area contributed by atoms with Crippen LogP contribution in [0.4, 0.5) is 15.8 Å². The summed E-state index contributed by atoms with van der Waals surface area (Å²) < 4.78 is 25.2. The lowest BCUT2D eigenvalue weighted by Gasteiger charge is -2.16. The minimum absolute atomic E-state index is 0.163. The molecule has 0 aliphatic rings. The van der Waals surface area contributed by atoms with E-state index in [1.165, 1.54) is 32.4 Å². The standard InChI is InChI=1S/C22H18Cl2FN3O3S/c1-30-18-10-19(31-2)17(9-16(18)24)28-22(32)27-11-6-7-12(15(23)8-11)13-4-3-5-14(20(13)25)21(26)29/h3-10H,1-2H3,(H2,26,29)(H2,27,28,32). The van der Waals surface area contributed by atoms with Crippen molar-refractivity contribution in [2.45, 2.75) is 0 Å². The molecule has 0 saturated carbocycles. The van der Waals surface area contributed by atoms with Gasteiger partial charge in [0.05, 0.1) is 35.5 Å². The van der Waals surface area contributed by atoms with Gasteiger partial charge in [-0.25, -0.2) is 4.39 Å². The van der Waals surface area contributed by atoms with Crippen LogP contribution in [-0.4, -0.2) is 25.2 Å². The lowest BCUT2D eigenvalue weighted by molar-refractivity contribution is 0.0996. The van der Waals surface area contributed by atoms with Crippen molar-refractivity contribution in [2.24, 2.45) is 5.73 Å². The predicted octanol–water partition coefficient (Wildman–Crippen LogP) is 5.72. The lowest BCUT2D eigenvalue weighted by atomic mass is 10.0. The molecular formula is C22H18Cl2FN3O3S. The van der Waals surface area contributed by atoms with Crippen LogP contribution < -0.4 is 25.8 Å². The van der Waals surface area contributed by atoms with Crippen molar-refractivity contribution in [3.8, 4) is 22.6 Å².